The number of carbonyl (C=O) groups excluding carboxylic acids is 1. The van der Waals surface area contributed by atoms with Crippen molar-refractivity contribution in [2.75, 3.05) is 19.8 Å². The largest absolute Gasteiger partial charge is 0.490 e. The van der Waals surface area contributed by atoms with E-state index in [2.05, 4.69) is 25.6 Å². The second-order valence-corrected chi connectivity index (χ2v) is 10.4. The molecule has 2 aliphatic rings. The van der Waals surface area contributed by atoms with Crippen molar-refractivity contribution in [3.05, 3.63) is 58.6 Å². The van der Waals surface area contributed by atoms with Gasteiger partial charge in [-0.05, 0) is 38.5 Å². The molecule has 5 rings (SSSR count). The highest BCUT2D eigenvalue weighted by Crippen LogP contribution is 2.34. The lowest BCUT2D eigenvalue weighted by molar-refractivity contribution is -0.145. The van der Waals surface area contributed by atoms with Crippen LogP contribution in [-0.2, 0) is 10.9 Å². The zero-order chi connectivity index (χ0) is 25.5. The number of nitrogens with one attached hydrogen (secondary N) is 2. The first kappa shape index (κ1) is 24.6. The first-order valence-corrected chi connectivity index (χ1v) is 12.2. The van der Waals surface area contributed by atoms with Crippen molar-refractivity contribution in [3.63, 3.8) is 0 Å². The molecule has 12 heteroatoms. The van der Waals surface area contributed by atoms with E-state index in [1.807, 2.05) is 13.0 Å². The first-order valence-electron chi connectivity index (χ1n) is 11.4. The van der Waals surface area contributed by atoms with Crippen molar-refractivity contribution in [1.82, 2.24) is 25.6 Å². The predicted octanol–water partition coefficient (Wildman–Crippen LogP) is 3.93. The molecular formula is C24H24F3N5O3S. The number of nitrogens with zero attached hydrogens (tertiary/aromatic N) is 3. The average molecular weight is 520 g/mol. The second-order valence-electron chi connectivity index (χ2n) is 9.12. The van der Waals surface area contributed by atoms with E-state index in [-0.39, 0.29) is 5.60 Å². The first-order chi connectivity index (χ1) is 17.1. The summed E-state index contributed by atoms with van der Waals surface area (Å²) in [5.41, 5.74) is 1.04. The number of alkyl halides is 3. The average Bonchev–Trinajstić information content (AvgIpc) is 3.59. The molecule has 8 nitrogen and oxygen atoms in total. The molecular weight excluding hydrogens is 495 g/mol. The number of hydrogen-bond acceptors (Lipinski definition) is 8. The fourth-order valence-corrected chi connectivity index (χ4v) is 5.04. The van der Waals surface area contributed by atoms with Crippen LogP contribution in [0.1, 0.15) is 46.0 Å². The molecule has 2 fully saturated rings. The minimum absolute atomic E-state index is 0.335. The number of carbonyl (C=O) groups is 1. The van der Waals surface area contributed by atoms with E-state index in [4.69, 9.17) is 9.47 Å². The number of benzene rings is 1. The van der Waals surface area contributed by atoms with E-state index in [1.54, 1.807) is 25.3 Å². The summed E-state index contributed by atoms with van der Waals surface area (Å²) in [5.74, 6) is -1.14. The number of ether oxygens (including phenoxy) is 2. The second kappa shape index (κ2) is 9.41. The number of hydrogen-bond donors (Lipinski definition) is 2. The van der Waals surface area contributed by atoms with Crippen LogP contribution in [0.5, 0.6) is 5.75 Å². The summed E-state index contributed by atoms with van der Waals surface area (Å²) in [6.45, 7) is 5.31. The highest BCUT2D eigenvalue weighted by molar-refractivity contribution is 7.14. The van der Waals surface area contributed by atoms with E-state index in [9.17, 15) is 18.0 Å². The number of aromatic nitrogens is 3. The van der Waals surface area contributed by atoms with E-state index >= 15 is 0 Å². The SMILES string of the molecule is Cc1cnc(-c2cc(OCC34CNC(CO3)C4)cc(C(=O)NC(C)c3cnc(C(F)(F)F)nc3)c2)s1. The monoisotopic (exact) mass is 519 g/mol. The zero-order valence-electron chi connectivity index (χ0n) is 19.6. The van der Waals surface area contributed by atoms with Gasteiger partial charge in [0.25, 0.3) is 5.91 Å². The number of halogens is 3. The predicted molar refractivity (Wildman–Crippen MR) is 126 cm³/mol. The van der Waals surface area contributed by atoms with Gasteiger partial charge in [-0.1, -0.05) is 0 Å². The Labute approximate surface area is 209 Å². The summed E-state index contributed by atoms with van der Waals surface area (Å²) in [7, 11) is 0. The van der Waals surface area contributed by atoms with Crippen LogP contribution >= 0.6 is 11.3 Å². The Morgan fingerprint density at radius 2 is 2.06 bits per heavy atom. The molecule has 2 saturated heterocycles. The molecule has 3 atom stereocenters. The van der Waals surface area contributed by atoms with Gasteiger partial charge in [-0.15, -0.1) is 11.3 Å². The fraction of sp³-hybridized carbons (Fsp3) is 0.417. The van der Waals surface area contributed by atoms with Crippen molar-refractivity contribution in [2.45, 2.75) is 44.1 Å². The number of rotatable bonds is 7. The maximum atomic E-state index is 13.1. The number of amides is 1. The standard InChI is InChI=1S/C24H24F3N5O3S/c1-13-7-28-21(36-13)16-3-15(4-19(5-16)34-12-23-6-18(10-35-23)31-11-23)20(33)32-14(2)17-8-29-22(30-9-17)24(25,26)27/h3-5,7-9,14,18,31H,6,10-12H2,1-2H3,(H,32,33). The summed E-state index contributed by atoms with van der Waals surface area (Å²) in [6, 6.07) is 4.92. The van der Waals surface area contributed by atoms with Gasteiger partial charge in [-0.3, -0.25) is 4.79 Å². The molecule has 1 aromatic carbocycles. The Kier molecular flexibility index (Phi) is 6.43. The van der Waals surface area contributed by atoms with Crippen LogP contribution in [0.2, 0.25) is 0 Å². The zero-order valence-corrected chi connectivity index (χ0v) is 20.4. The Bertz CT molecular complexity index is 1260. The van der Waals surface area contributed by atoms with Crippen LogP contribution in [0, 0.1) is 6.92 Å². The Hall–Kier alpha value is -3.09. The lowest BCUT2D eigenvalue weighted by atomic mass is 10.0. The third-order valence-electron chi connectivity index (χ3n) is 6.23. The summed E-state index contributed by atoms with van der Waals surface area (Å²) in [4.78, 5) is 25.3. The third-order valence-corrected chi connectivity index (χ3v) is 7.20. The molecule has 0 spiro atoms. The van der Waals surface area contributed by atoms with Crippen molar-refractivity contribution in [3.8, 4) is 16.3 Å². The molecule has 3 unspecified atom stereocenters. The number of morpholine rings is 1. The van der Waals surface area contributed by atoms with E-state index in [1.165, 1.54) is 11.3 Å². The molecule has 2 aromatic heterocycles. The van der Waals surface area contributed by atoms with Crippen molar-refractivity contribution in [2.24, 2.45) is 0 Å². The Morgan fingerprint density at radius 1 is 1.28 bits per heavy atom. The smallest absolute Gasteiger partial charge is 0.451 e. The Morgan fingerprint density at radius 3 is 2.64 bits per heavy atom. The highest BCUT2D eigenvalue weighted by atomic mass is 32.1. The lowest BCUT2D eigenvalue weighted by Crippen LogP contribution is -2.43. The number of thiazole rings is 1. The van der Waals surface area contributed by atoms with Crippen molar-refractivity contribution in [1.29, 1.82) is 0 Å². The minimum Gasteiger partial charge on any atom is -0.490 e. The van der Waals surface area contributed by atoms with Gasteiger partial charge in [-0.2, -0.15) is 13.2 Å². The normalized spacial score (nSPS) is 22.0. The van der Waals surface area contributed by atoms with E-state index < -0.39 is 23.9 Å². The van der Waals surface area contributed by atoms with E-state index in [0.717, 1.165) is 34.3 Å². The molecule has 2 N–H and O–H groups in total. The van der Waals surface area contributed by atoms with Crippen molar-refractivity contribution < 1.29 is 27.4 Å². The fourth-order valence-electron chi connectivity index (χ4n) is 4.29. The van der Waals surface area contributed by atoms with Gasteiger partial charge in [0, 0.05) is 52.7 Å². The van der Waals surface area contributed by atoms with Gasteiger partial charge in [0.05, 0.1) is 12.6 Å². The van der Waals surface area contributed by atoms with Gasteiger partial charge in [0.1, 0.15) is 23.0 Å². The maximum absolute atomic E-state index is 13.1. The van der Waals surface area contributed by atoms with Crippen LogP contribution < -0.4 is 15.4 Å². The van der Waals surface area contributed by atoms with Gasteiger partial charge < -0.3 is 20.1 Å². The molecule has 1 amide bonds. The molecule has 3 aromatic rings. The molecule has 4 heterocycles. The minimum atomic E-state index is -4.63. The highest BCUT2D eigenvalue weighted by Gasteiger charge is 2.47. The molecule has 0 radical (unpaired) electrons. The molecule has 0 aliphatic carbocycles. The third kappa shape index (κ3) is 5.20. The van der Waals surface area contributed by atoms with Gasteiger partial charge in [0.15, 0.2) is 0 Å². The molecule has 190 valence electrons. The Balaban J connectivity index is 1.35. The van der Waals surface area contributed by atoms with Crippen LogP contribution in [0.4, 0.5) is 13.2 Å². The van der Waals surface area contributed by atoms with Gasteiger partial charge in [-0.25, -0.2) is 15.0 Å². The van der Waals surface area contributed by atoms with Crippen LogP contribution in [-0.4, -0.2) is 52.3 Å². The van der Waals surface area contributed by atoms with Gasteiger partial charge >= 0.3 is 6.18 Å². The van der Waals surface area contributed by atoms with E-state index in [0.29, 0.717) is 42.7 Å². The lowest BCUT2D eigenvalue weighted by Gasteiger charge is -2.26. The van der Waals surface area contributed by atoms with Crippen LogP contribution in [0.3, 0.4) is 0 Å². The summed E-state index contributed by atoms with van der Waals surface area (Å²) in [6.07, 6.45) is 0.129. The number of fused-ring (bicyclic) bond motifs is 2. The summed E-state index contributed by atoms with van der Waals surface area (Å²) in [5, 5.41) is 6.94. The van der Waals surface area contributed by atoms with Crippen LogP contribution in [0.15, 0.2) is 36.8 Å². The van der Waals surface area contributed by atoms with Crippen LogP contribution in [0.25, 0.3) is 10.6 Å². The maximum Gasteiger partial charge on any atom is 0.451 e. The number of aryl methyl sites for hydroxylation is 1. The molecule has 0 saturated carbocycles. The van der Waals surface area contributed by atoms with Gasteiger partial charge in [0.2, 0.25) is 5.82 Å². The molecule has 36 heavy (non-hydrogen) atoms. The molecule has 2 bridgehead atoms. The van der Waals surface area contributed by atoms with Crippen molar-refractivity contribution >= 4 is 17.2 Å². The summed E-state index contributed by atoms with van der Waals surface area (Å²) >= 11 is 1.50. The topological polar surface area (TPSA) is 98.3 Å². The quantitative estimate of drug-likeness (QED) is 0.488. The summed E-state index contributed by atoms with van der Waals surface area (Å²) < 4.78 is 50.3. The molecule has 2 aliphatic heterocycles.